The highest BCUT2D eigenvalue weighted by Gasteiger charge is 2.36. The van der Waals surface area contributed by atoms with Gasteiger partial charge in [-0.25, -0.2) is 0 Å². The number of benzene rings is 3. The van der Waals surface area contributed by atoms with Crippen molar-refractivity contribution in [3.63, 3.8) is 0 Å². The van der Waals surface area contributed by atoms with E-state index in [1.54, 1.807) is 7.11 Å². The van der Waals surface area contributed by atoms with Crippen LogP contribution in [0.1, 0.15) is 23.6 Å². The van der Waals surface area contributed by atoms with Crippen LogP contribution in [0.4, 0.5) is 17.1 Å². The number of aryl methyl sites for hydroxylation is 2. The van der Waals surface area contributed by atoms with E-state index in [0.717, 1.165) is 61.6 Å². The number of hydrogen-bond donors (Lipinski definition) is 0. The van der Waals surface area contributed by atoms with Gasteiger partial charge >= 0.3 is 5.84 Å². The van der Waals surface area contributed by atoms with Gasteiger partial charge in [0.05, 0.1) is 35.0 Å². The van der Waals surface area contributed by atoms with E-state index >= 15 is 0 Å². The molecule has 0 saturated carbocycles. The Morgan fingerprint density at radius 2 is 1.81 bits per heavy atom. The first-order chi connectivity index (χ1) is 15.4. The van der Waals surface area contributed by atoms with E-state index in [1.807, 2.05) is 0 Å². The molecule has 0 aliphatic carbocycles. The fourth-order valence-electron chi connectivity index (χ4n) is 5.11. The smallest absolute Gasteiger partial charge is 0.307 e. The van der Waals surface area contributed by atoms with Crippen LogP contribution in [-0.2, 0) is 0 Å². The summed E-state index contributed by atoms with van der Waals surface area (Å²) in [6.45, 7) is 8.52. The van der Waals surface area contributed by atoms with Gasteiger partial charge in [0.2, 0.25) is 0 Å². The third-order valence-electron chi connectivity index (χ3n) is 6.89. The Morgan fingerprint density at radius 1 is 1.00 bits per heavy atom. The van der Waals surface area contributed by atoms with E-state index in [4.69, 9.17) is 14.1 Å². The lowest BCUT2D eigenvalue weighted by atomic mass is 10.1. The number of fused-ring (bicyclic) bond motifs is 7. The van der Waals surface area contributed by atoms with Crippen LogP contribution in [0.2, 0.25) is 0 Å². The van der Waals surface area contributed by atoms with Crippen molar-refractivity contribution >= 4 is 45.0 Å². The van der Waals surface area contributed by atoms with Gasteiger partial charge in [0.1, 0.15) is 17.6 Å². The lowest BCUT2D eigenvalue weighted by Crippen LogP contribution is -2.36. The molecule has 5 aromatic rings. The van der Waals surface area contributed by atoms with Crippen molar-refractivity contribution in [3.05, 3.63) is 59.2 Å². The molecule has 32 heavy (non-hydrogen) atoms. The van der Waals surface area contributed by atoms with E-state index in [9.17, 15) is 0 Å². The zero-order valence-corrected chi connectivity index (χ0v) is 19.2. The third-order valence-corrected chi connectivity index (χ3v) is 6.89. The number of rotatable bonds is 2. The summed E-state index contributed by atoms with van der Waals surface area (Å²) in [4.78, 5) is 9.46. The van der Waals surface area contributed by atoms with Gasteiger partial charge in [0.25, 0.3) is 0 Å². The molecular formula is C26H26N4O2. The summed E-state index contributed by atoms with van der Waals surface area (Å²) in [5.41, 5.74) is 10.7. The predicted molar refractivity (Wildman–Crippen MR) is 130 cm³/mol. The molecule has 1 aliphatic heterocycles. The SMILES string of the molecule is COc1cc(C)cc(N2c3c(ccc4c3oc3nc5c(C)cccc5n34)N(C)[C@@H]2C)c1C. The van der Waals surface area contributed by atoms with E-state index in [2.05, 4.69) is 91.4 Å². The highest BCUT2D eigenvalue weighted by molar-refractivity contribution is 6.03. The topological polar surface area (TPSA) is 46.1 Å². The first-order valence-electron chi connectivity index (χ1n) is 10.9. The number of ether oxygens (including phenoxy) is 1. The number of para-hydroxylation sites is 1. The molecule has 3 aromatic carbocycles. The summed E-state index contributed by atoms with van der Waals surface area (Å²) >= 11 is 0. The minimum absolute atomic E-state index is 0.122. The lowest BCUT2D eigenvalue weighted by Gasteiger charge is -2.29. The van der Waals surface area contributed by atoms with Crippen LogP contribution < -0.4 is 14.5 Å². The maximum absolute atomic E-state index is 6.46. The first kappa shape index (κ1) is 19.0. The van der Waals surface area contributed by atoms with Gasteiger partial charge in [0.15, 0.2) is 5.58 Å². The summed E-state index contributed by atoms with van der Waals surface area (Å²) in [5, 5.41) is 0. The lowest BCUT2D eigenvalue weighted by molar-refractivity contribution is 0.411. The van der Waals surface area contributed by atoms with Crippen molar-refractivity contribution in [1.29, 1.82) is 0 Å². The van der Waals surface area contributed by atoms with E-state index in [1.165, 1.54) is 0 Å². The monoisotopic (exact) mass is 426 g/mol. The Hall–Kier alpha value is -3.67. The molecule has 2 aromatic heterocycles. The van der Waals surface area contributed by atoms with Crippen LogP contribution in [0.5, 0.6) is 5.75 Å². The van der Waals surface area contributed by atoms with Crippen molar-refractivity contribution < 1.29 is 9.15 Å². The molecule has 0 bridgehead atoms. The second-order valence-electron chi connectivity index (χ2n) is 8.78. The fourth-order valence-corrected chi connectivity index (χ4v) is 5.11. The average molecular weight is 427 g/mol. The second-order valence-corrected chi connectivity index (χ2v) is 8.78. The number of anilines is 3. The van der Waals surface area contributed by atoms with Crippen molar-refractivity contribution in [2.45, 2.75) is 33.9 Å². The first-order valence-corrected chi connectivity index (χ1v) is 10.9. The minimum Gasteiger partial charge on any atom is -0.496 e. The number of nitrogens with zero attached hydrogens (tertiary/aromatic N) is 4. The standard InChI is InChI=1S/C26H26N4O2/c1-14-12-21(16(3)22(13-14)31-6)29-17(4)28(5)19-10-11-20-25(24(19)29)32-26-27-23-15(2)8-7-9-18(23)30(20)26/h7-13,17H,1-6H3/t17-/m0/s1. The van der Waals surface area contributed by atoms with Gasteiger partial charge in [-0.15, -0.1) is 0 Å². The summed E-state index contributed by atoms with van der Waals surface area (Å²) in [6, 6.07) is 14.9. The minimum atomic E-state index is 0.122. The molecule has 6 heteroatoms. The van der Waals surface area contributed by atoms with Gasteiger partial charge in [-0.2, -0.15) is 4.98 Å². The second kappa shape index (κ2) is 6.42. The maximum atomic E-state index is 6.46. The summed E-state index contributed by atoms with van der Waals surface area (Å²) in [7, 11) is 3.86. The fraction of sp³-hybridized carbons (Fsp3) is 0.269. The molecular weight excluding hydrogens is 400 g/mol. The summed E-state index contributed by atoms with van der Waals surface area (Å²) < 4.78 is 14.3. The average Bonchev–Trinajstić information content (AvgIpc) is 3.39. The van der Waals surface area contributed by atoms with E-state index < -0.39 is 0 Å². The van der Waals surface area contributed by atoms with Gasteiger partial charge in [-0.1, -0.05) is 12.1 Å². The van der Waals surface area contributed by atoms with Gasteiger partial charge in [-0.05, 0) is 69.2 Å². The van der Waals surface area contributed by atoms with Gasteiger partial charge < -0.3 is 19.0 Å². The highest BCUT2D eigenvalue weighted by atomic mass is 16.5. The number of imidazole rings is 1. The van der Waals surface area contributed by atoms with Crippen molar-refractivity contribution in [2.24, 2.45) is 0 Å². The normalized spacial score (nSPS) is 16.0. The molecule has 0 amide bonds. The maximum Gasteiger partial charge on any atom is 0.307 e. The quantitative estimate of drug-likeness (QED) is 0.341. The molecule has 0 fully saturated rings. The largest absolute Gasteiger partial charge is 0.496 e. The third kappa shape index (κ3) is 2.32. The highest BCUT2D eigenvalue weighted by Crippen LogP contribution is 2.50. The van der Waals surface area contributed by atoms with Crippen LogP contribution in [0, 0.1) is 20.8 Å². The Balaban J connectivity index is 1.69. The van der Waals surface area contributed by atoms with Gasteiger partial charge in [-0.3, -0.25) is 4.40 Å². The predicted octanol–water partition coefficient (Wildman–Crippen LogP) is 6.10. The summed E-state index contributed by atoms with van der Waals surface area (Å²) in [5.74, 6) is 1.52. The Morgan fingerprint density at radius 3 is 2.59 bits per heavy atom. The van der Waals surface area contributed by atoms with Crippen LogP contribution in [0.15, 0.2) is 46.9 Å². The van der Waals surface area contributed by atoms with E-state index in [-0.39, 0.29) is 6.17 Å². The Labute approximate surface area is 186 Å². The number of hydrogen-bond acceptors (Lipinski definition) is 5. The molecule has 1 atom stereocenters. The molecule has 0 unspecified atom stereocenters. The number of oxazole rings is 1. The van der Waals surface area contributed by atoms with Crippen molar-refractivity contribution in [1.82, 2.24) is 9.38 Å². The van der Waals surface area contributed by atoms with Gasteiger partial charge in [0, 0.05) is 12.6 Å². The zero-order valence-electron chi connectivity index (χ0n) is 19.2. The molecule has 6 nitrogen and oxygen atoms in total. The molecule has 0 spiro atoms. The van der Waals surface area contributed by atoms with E-state index in [0.29, 0.717) is 5.84 Å². The summed E-state index contributed by atoms with van der Waals surface area (Å²) in [6.07, 6.45) is 0.122. The Kier molecular flexibility index (Phi) is 3.82. The molecule has 3 heterocycles. The number of aromatic nitrogens is 2. The van der Waals surface area contributed by atoms with Crippen LogP contribution in [0.3, 0.4) is 0 Å². The van der Waals surface area contributed by atoms with Crippen LogP contribution >= 0.6 is 0 Å². The Bertz CT molecular complexity index is 1540. The molecule has 6 rings (SSSR count). The molecule has 1 aliphatic rings. The molecule has 0 saturated heterocycles. The van der Waals surface area contributed by atoms with Crippen LogP contribution in [0.25, 0.3) is 28.0 Å². The molecule has 162 valence electrons. The van der Waals surface area contributed by atoms with Crippen LogP contribution in [-0.4, -0.2) is 29.7 Å². The number of methoxy groups -OCH3 is 1. The van der Waals surface area contributed by atoms with Crippen molar-refractivity contribution in [3.8, 4) is 5.75 Å². The molecule has 0 N–H and O–H groups in total. The molecule has 0 radical (unpaired) electrons. The van der Waals surface area contributed by atoms with Crippen molar-refractivity contribution in [2.75, 3.05) is 24.0 Å². The zero-order chi connectivity index (χ0) is 22.3.